The molecular formula is C50H51FN8O10. The third-order valence-corrected chi connectivity index (χ3v) is 14.2. The zero-order valence-corrected chi connectivity index (χ0v) is 38.5. The van der Waals surface area contributed by atoms with Crippen LogP contribution in [-0.4, -0.2) is 100 Å². The van der Waals surface area contributed by atoms with Gasteiger partial charge in [0.2, 0.25) is 5.91 Å². The Hall–Kier alpha value is -7.38. The van der Waals surface area contributed by atoms with Gasteiger partial charge in [0.15, 0.2) is 11.4 Å². The number of rotatable bonds is 10. The Bertz CT molecular complexity index is 3240. The maximum atomic E-state index is 15.4. The summed E-state index contributed by atoms with van der Waals surface area (Å²) in [6, 6.07) is 12.6. The fourth-order valence-corrected chi connectivity index (χ4v) is 10.4. The first-order valence-electron chi connectivity index (χ1n) is 23.1. The van der Waals surface area contributed by atoms with Gasteiger partial charge in [0, 0.05) is 61.4 Å². The van der Waals surface area contributed by atoms with Gasteiger partial charge in [-0.3, -0.25) is 14.5 Å². The molecule has 1 fully saturated rings. The molecule has 10 rings (SSSR count). The highest BCUT2D eigenvalue weighted by molar-refractivity contribution is 5.94. The van der Waals surface area contributed by atoms with Crippen molar-refractivity contribution in [2.24, 2.45) is 0 Å². The largest absolute Gasteiger partial charge is 0.508 e. The Labute approximate surface area is 393 Å². The number of amides is 2. The molecule has 19 heteroatoms. The summed E-state index contributed by atoms with van der Waals surface area (Å²) in [5, 5.41) is 42.7. The number of fused-ring (bicyclic) bond motifs is 5. The molecule has 18 nitrogen and oxygen atoms in total. The minimum Gasteiger partial charge on any atom is -0.508 e. The Morgan fingerprint density at radius 1 is 1.01 bits per heavy atom. The molecule has 0 radical (unpaired) electrons. The molecule has 69 heavy (non-hydrogen) atoms. The van der Waals surface area contributed by atoms with Crippen LogP contribution in [0.15, 0.2) is 58.1 Å². The van der Waals surface area contributed by atoms with Gasteiger partial charge in [-0.05, 0) is 84.2 Å². The highest BCUT2D eigenvalue weighted by Crippen LogP contribution is 2.46. The third-order valence-electron chi connectivity index (χ3n) is 14.2. The van der Waals surface area contributed by atoms with Crippen molar-refractivity contribution in [1.29, 1.82) is 0 Å². The van der Waals surface area contributed by atoms with Crippen LogP contribution in [0.3, 0.4) is 0 Å². The lowest BCUT2D eigenvalue weighted by molar-refractivity contribution is -0.172. The number of phenolic OH excluding ortho intramolecular Hbond substituents is 2. The van der Waals surface area contributed by atoms with Crippen LogP contribution < -0.4 is 16.6 Å². The van der Waals surface area contributed by atoms with E-state index in [4.69, 9.17) is 14.5 Å². The molecule has 0 saturated carbocycles. The molecule has 1 aliphatic carbocycles. The van der Waals surface area contributed by atoms with Crippen LogP contribution in [-0.2, 0) is 50.8 Å². The van der Waals surface area contributed by atoms with Gasteiger partial charge in [0.25, 0.3) is 5.56 Å². The second kappa shape index (κ2) is 17.3. The molecule has 358 valence electrons. The van der Waals surface area contributed by atoms with Crippen molar-refractivity contribution in [2.45, 2.75) is 90.6 Å². The number of benzene rings is 3. The number of aromatic nitrogens is 5. The van der Waals surface area contributed by atoms with Gasteiger partial charge in [0.05, 0.1) is 52.7 Å². The molecule has 0 spiro atoms. The number of hydrogen-bond acceptors (Lipinski definition) is 13. The number of aromatic hydroxyl groups is 2. The number of nitrogens with zero attached hydrogens (tertiary/aromatic N) is 6. The topological polar surface area (TPSA) is 234 Å². The van der Waals surface area contributed by atoms with Crippen molar-refractivity contribution in [3.8, 4) is 40.0 Å². The van der Waals surface area contributed by atoms with Crippen molar-refractivity contribution in [3.63, 3.8) is 0 Å². The van der Waals surface area contributed by atoms with E-state index in [2.05, 4.69) is 20.4 Å². The number of H-pyrrole nitrogens is 1. The smallest absolute Gasteiger partial charge is 0.407 e. The number of pyridine rings is 2. The number of esters is 1. The number of ether oxygens (including phenoxy) is 2. The van der Waals surface area contributed by atoms with E-state index in [0.29, 0.717) is 101 Å². The molecule has 6 heterocycles. The zero-order chi connectivity index (χ0) is 48.6. The van der Waals surface area contributed by atoms with E-state index >= 15 is 4.39 Å². The van der Waals surface area contributed by atoms with Crippen LogP contribution in [0.5, 0.6) is 11.5 Å². The summed E-state index contributed by atoms with van der Waals surface area (Å²) in [5.74, 6) is -1.51. The predicted octanol–water partition coefficient (Wildman–Crippen LogP) is 5.05. The molecule has 5 N–H and O–H groups in total. The molecule has 3 aromatic heterocycles. The maximum Gasteiger partial charge on any atom is 0.407 e. The van der Waals surface area contributed by atoms with E-state index in [0.717, 1.165) is 11.1 Å². The Morgan fingerprint density at radius 2 is 1.77 bits per heavy atom. The number of carbonyl (C=O) groups excluding carboxylic acids is 3. The molecule has 2 unspecified atom stereocenters. The van der Waals surface area contributed by atoms with Crippen molar-refractivity contribution >= 4 is 28.9 Å². The highest BCUT2D eigenvalue weighted by Gasteiger charge is 2.46. The van der Waals surface area contributed by atoms with Gasteiger partial charge in [-0.2, -0.15) is 5.10 Å². The summed E-state index contributed by atoms with van der Waals surface area (Å²) in [5.41, 5.74) is 3.52. The van der Waals surface area contributed by atoms with Gasteiger partial charge < -0.3 is 39.6 Å². The first-order valence-corrected chi connectivity index (χ1v) is 23.1. The van der Waals surface area contributed by atoms with Crippen LogP contribution in [0.1, 0.15) is 96.5 Å². The van der Waals surface area contributed by atoms with Crippen LogP contribution in [0.4, 0.5) is 9.18 Å². The molecule has 3 aliphatic heterocycles. The molecule has 3 aromatic carbocycles. The maximum absolute atomic E-state index is 15.4. The standard InChI is InChI=1S/C50H51FN8O10/c1-5-50(67)34-19-38-44-32(23-58(38)46(63)33(34)24-69-47(50)64)43-36(11-10-29-26(4)35(51)20-37(52-44)42(29)43)53-49(66)68-17-12-41(62)57-15-13-56(14-16-57)22-27-6-8-28(9-7-27)59-45(54-55-48(59)65)31-18-30(25(2)3)39(60)21-40(31)61/h6-9,18-21,25,36,60-61,67H,5,10-17,22-24H2,1-4H3,(H,53,66)(H,55,65). The second-order valence-electron chi connectivity index (χ2n) is 18.5. The monoisotopic (exact) mass is 942 g/mol. The number of piperazine rings is 1. The quantitative estimate of drug-likeness (QED) is 0.113. The second-order valence-corrected chi connectivity index (χ2v) is 18.5. The van der Waals surface area contributed by atoms with Gasteiger partial charge in [-0.1, -0.05) is 32.9 Å². The molecular weight excluding hydrogens is 892 g/mol. The normalized spacial score (nSPS) is 18.5. The number of nitrogens with one attached hydrogen (secondary N) is 2. The number of aromatic amines is 1. The van der Waals surface area contributed by atoms with Gasteiger partial charge in [0.1, 0.15) is 30.5 Å². The Balaban J connectivity index is 0.770. The Morgan fingerprint density at radius 3 is 2.49 bits per heavy atom. The SMILES string of the molecule is CCC1(O)C(=O)OCc2c1cc1n(c2=O)Cc2c-1nc1cc(F)c(C)c3c1c2C(NC(=O)OCCC(=O)N1CCN(Cc2ccc(-n4c(-c5cc(C(C)C)c(O)cc5O)n[nH]c4=O)cc2)CC1)CC3. The summed E-state index contributed by atoms with van der Waals surface area (Å²) < 4.78 is 29.1. The van der Waals surface area contributed by atoms with Gasteiger partial charge >= 0.3 is 17.8 Å². The van der Waals surface area contributed by atoms with Crippen molar-refractivity contribution in [1.82, 2.24) is 39.4 Å². The summed E-state index contributed by atoms with van der Waals surface area (Å²) >= 11 is 0. The molecule has 4 aliphatic rings. The predicted molar refractivity (Wildman–Crippen MR) is 248 cm³/mol. The molecule has 0 bridgehead atoms. The van der Waals surface area contributed by atoms with Crippen molar-refractivity contribution in [3.05, 3.63) is 120 Å². The highest BCUT2D eigenvalue weighted by atomic mass is 19.1. The van der Waals surface area contributed by atoms with E-state index in [1.807, 2.05) is 26.0 Å². The van der Waals surface area contributed by atoms with Crippen LogP contribution in [0.2, 0.25) is 0 Å². The first kappa shape index (κ1) is 45.4. The number of aryl methyl sites for hydroxylation is 1. The lowest BCUT2D eigenvalue weighted by atomic mass is 9.81. The van der Waals surface area contributed by atoms with E-state index < -0.39 is 40.8 Å². The lowest BCUT2D eigenvalue weighted by Gasteiger charge is -2.34. The van der Waals surface area contributed by atoms with Crippen LogP contribution in [0.25, 0.3) is 39.4 Å². The van der Waals surface area contributed by atoms with Crippen molar-refractivity contribution < 1.29 is 43.6 Å². The summed E-state index contributed by atoms with van der Waals surface area (Å²) in [4.78, 5) is 75.2. The number of aliphatic hydroxyl groups is 1. The fourth-order valence-electron chi connectivity index (χ4n) is 10.4. The molecule has 2 atom stereocenters. The zero-order valence-electron chi connectivity index (χ0n) is 38.5. The van der Waals surface area contributed by atoms with Crippen LogP contribution in [0, 0.1) is 12.7 Å². The number of halogens is 1. The lowest BCUT2D eigenvalue weighted by Crippen LogP contribution is -2.48. The fraction of sp³-hybridized carbons (Fsp3) is 0.380. The number of phenols is 2. The van der Waals surface area contributed by atoms with E-state index in [-0.39, 0.29) is 72.9 Å². The third kappa shape index (κ3) is 7.69. The number of carbonyl (C=O) groups is 3. The molecule has 1 saturated heterocycles. The average Bonchev–Trinajstić information content (AvgIpc) is 3.90. The molecule has 2 amide bonds. The average molecular weight is 943 g/mol. The van der Waals surface area contributed by atoms with Gasteiger partial charge in [-0.15, -0.1) is 0 Å². The Kier molecular flexibility index (Phi) is 11.4. The molecule has 6 aromatic rings. The number of alkyl carbamates (subject to hydrolysis) is 1. The van der Waals surface area contributed by atoms with E-state index in [9.17, 15) is 39.3 Å². The minimum atomic E-state index is -2.02. The van der Waals surface area contributed by atoms with Crippen LogP contribution >= 0.6 is 0 Å². The van der Waals surface area contributed by atoms with Crippen molar-refractivity contribution in [2.75, 3.05) is 32.8 Å². The number of hydrogen-bond donors (Lipinski definition) is 5. The number of cyclic esters (lactones) is 1. The minimum absolute atomic E-state index is 0.0207. The van der Waals surface area contributed by atoms with E-state index in [1.54, 1.807) is 43.0 Å². The summed E-state index contributed by atoms with van der Waals surface area (Å²) in [7, 11) is 0. The first-order chi connectivity index (χ1) is 33.1. The van der Waals surface area contributed by atoms with Gasteiger partial charge in [-0.25, -0.2) is 33.4 Å². The summed E-state index contributed by atoms with van der Waals surface area (Å²) in [6.45, 7) is 9.58. The summed E-state index contributed by atoms with van der Waals surface area (Å²) in [6.07, 6.45) is 0.0728. The van der Waals surface area contributed by atoms with E-state index in [1.165, 1.54) is 21.3 Å².